The monoisotopic (exact) mass is 154 g/mol. The van der Waals surface area contributed by atoms with E-state index in [0.717, 1.165) is 25.1 Å². The lowest BCUT2D eigenvalue weighted by molar-refractivity contribution is 0.0850. The third kappa shape index (κ3) is 0.525. The van der Waals surface area contributed by atoms with Crippen molar-refractivity contribution >= 4 is 0 Å². The van der Waals surface area contributed by atoms with Gasteiger partial charge in [0, 0.05) is 18.7 Å². The summed E-state index contributed by atoms with van der Waals surface area (Å²) in [4.78, 5) is 10.0. The van der Waals surface area contributed by atoms with E-state index in [4.69, 9.17) is 15.5 Å². The Kier molecular flexibility index (Phi) is 0.793. The molecule has 11 heavy (non-hydrogen) atoms. The summed E-state index contributed by atoms with van der Waals surface area (Å²) in [5.41, 5.74) is 6.54. The number of allylic oxidation sites excluding steroid dienone is 1. The summed E-state index contributed by atoms with van der Waals surface area (Å²) in [7, 11) is 0. The molecule has 4 heteroatoms. The van der Waals surface area contributed by atoms with Gasteiger partial charge in [-0.1, -0.05) is 6.08 Å². The van der Waals surface area contributed by atoms with Crippen LogP contribution in [0.5, 0.6) is 0 Å². The largest absolute Gasteiger partial charge is 0.401 e. The van der Waals surface area contributed by atoms with Crippen LogP contribution < -0.4 is 11.1 Å². The van der Waals surface area contributed by atoms with Crippen LogP contribution >= 0.6 is 0 Å². The average molecular weight is 154 g/mol. The molecule has 60 valence electrons. The van der Waals surface area contributed by atoms with Crippen molar-refractivity contribution in [2.75, 3.05) is 6.54 Å². The molecule has 0 bridgehead atoms. The smallest absolute Gasteiger partial charge is 0.259 e. The van der Waals surface area contributed by atoms with Crippen molar-refractivity contribution < 1.29 is 9.78 Å². The Hall–Kier alpha value is -0.580. The van der Waals surface area contributed by atoms with Gasteiger partial charge in [-0.05, 0) is 6.42 Å². The predicted molar refractivity (Wildman–Crippen MR) is 37.1 cm³/mol. The van der Waals surface area contributed by atoms with E-state index in [1.807, 2.05) is 0 Å². The summed E-state index contributed by atoms with van der Waals surface area (Å²) in [5, 5.41) is 3.21. The summed E-state index contributed by atoms with van der Waals surface area (Å²) in [6, 6.07) is 0. The van der Waals surface area contributed by atoms with Gasteiger partial charge in [0.1, 0.15) is 5.54 Å². The summed E-state index contributed by atoms with van der Waals surface area (Å²) in [5.74, 6) is -0.397. The van der Waals surface area contributed by atoms with Crippen LogP contribution in [0.1, 0.15) is 12.8 Å². The normalized spacial score (nSPS) is 44.2. The van der Waals surface area contributed by atoms with Gasteiger partial charge >= 0.3 is 0 Å². The molecule has 1 aliphatic carbocycles. The van der Waals surface area contributed by atoms with Crippen molar-refractivity contribution in [2.24, 2.45) is 5.73 Å². The molecule has 2 saturated heterocycles. The third-order valence-corrected chi connectivity index (χ3v) is 2.80. The fourth-order valence-corrected chi connectivity index (χ4v) is 1.86. The number of hydrogen-bond donors (Lipinski definition) is 2. The van der Waals surface area contributed by atoms with Crippen LogP contribution in [0, 0.1) is 0 Å². The number of nitrogens with two attached hydrogens (primary N) is 1. The van der Waals surface area contributed by atoms with Crippen LogP contribution in [0.25, 0.3) is 0 Å². The quantitative estimate of drug-likeness (QED) is 0.368. The molecule has 1 unspecified atom stereocenters. The lowest BCUT2D eigenvalue weighted by Gasteiger charge is -2.22. The van der Waals surface area contributed by atoms with Gasteiger partial charge in [-0.25, -0.2) is 0 Å². The van der Waals surface area contributed by atoms with E-state index in [1.165, 1.54) is 0 Å². The molecule has 0 radical (unpaired) electrons. The molecular weight excluding hydrogens is 144 g/mol. The minimum absolute atomic E-state index is 0.161. The zero-order valence-corrected chi connectivity index (χ0v) is 6.09. The first kappa shape index (κ1) is 5.99. The zero-order chi connectivity index (χ0) is 7.53. The molecule has 2 fully saturated rings. The van der Waals surface area contributed by atoms with E-state index in [2.05, 4.69) is 11.4 Å². The Morgan fingerprint density at radius 1 is 1.55 bits per heavy atom. The maximum Gasteiger partial charge on any atom is 0.259 e. The molecule has 0 aromatic heterocycles. The van der Waals surface area contributed by atoms with Gasteiger partial charge in [0.05, 0.1) is 0 Å². The Balaban J connectivity index is 2.05. The Morgan fingerprint density at radius 3 is 2.73 bits per heavy atom. The highest BCUT2D eigenvalue weighted by atomic mass is 17.4. The molecule has 1 atom stereocenters. The molecule has 2 spiro atoms. The second-order valence-electron chi connectivity index (χ2n) is 3.38. The van der Waals surface area contributed by atoms with Crippen molar-refractivity contribution in [3.8, 4) is 0 Å². The van der Waals surface area contributed by atoms with E-state index >= 15 is 0 Å². The van der Waals surface area contributed by atoms with Gasteiger partial charge in [-0.3, -0.25) is 5.32 Å². The number of hydrogen-bond acceptors (Lipinski definition) is 4. The number of rotatable bonds is 0. The Bertz CT molecular complexity index is 241. The SMILES string of the molecule is NC1=CCCC2(OO2)C12CN2. The standard InChI is InChI=1S/C7H10N2O2/c8-5-2-1-3-7(10-11-7)6(5)4-9-6/h2,9H,1,3-4,8H2. The maximum atomic E-state index is 5.83. The van der Waals surface area contributed by atoms with E-state index in [9.17, 15) is 0 Å². The predicted octanol–water partition coefficient (Wildman–Crippen LogP) is -0.377. The van der Waals surface area contributed by atoms with Crippen molar-refractivity contribution in [3.63, 3.8) is 0 Å². The summed E-state index contributed by atoms with van der Waals surface area (Å²) < 4.78 is 0. The fourth-order valence-electron chi connectivity index (χ4n) is 1.86. The van der Waals surface area contributed by atoms with E-state index in [1.54, 1.807) is 0 Å². The topological polar surface area (TPSA) is 73.0 Å². The van der Waals surface area contributed by atoms with Gasteiger partial charge in [-0.2, -0.15) is 9.78 Å². The first-order valence-corrected chi connectivity index (χ1v) is 3.87. The first-order chi connectivity index (χ1) is 5.29. The molecule has 4 nitrogen and oxygen atoms in total. The van der Waals surface area contributed by atoms with Gasteiger partial charge in [-0.15, -0.1) is 0 Å². The summed E-state index contributed by atoms with van der Waals surface area (Å²) in [6.07, 6.45) is 3.92. The zero-order valence-electron chi connectivity index (χ0n) is 6.09. The lowest BCUT2D eigenvalue weighted by atomic mass is 9.87. The maximum absolute atomic E-state index is 5.83. The summed E-state index contributed by atoms with van der Waals surface area (Å²) in [6.45, 7) is 0.884. The average Bonchev–Trinajstić information content (AvgIpc) is 2.79. The molecule has 3 rings (SSSR count). The van der Waals surface area contributed by atoms with Crippen molar-refractivity contribution in [2.45, 2.75) is 24.2 Å². The second kappa shape index (κ2) is 1.46. The third-order valence-electron chi connectivity index (χ3n) is 2.80. The van der Waals surface area contributed by atoms with E-state index in [0.29, 0.717) is 0 Å². The highest BCUT2D eigenvalue weighted by Crippen LogP contribution is 2.53. The molecule has 0 aromatic carbocycles. The van der Waals surface area contributed by atoms with Crippen LogP contribution in [-0.2, 0) is 9.78 Å². The van der Waals surface area contributed by atoms with Crippen LogP contribution in [-0.4, -0.2) is 17.9 Å². The van der Waals surface area contributed by atoms with Crippen molar-refractivity contribution in [1.29, 1.82) is 0 Å². The second-order valence-corrected chi connectivity index (χ2v) is 3.38. The highest BCUT2D eigenvalue weighted by Gasteiger charge is 2.73. The minimum atomic E-state index is -0.397. The fraction of sp³-hybridized carbons (Fsp3) is 0.714. The molecule has 2 aliphatic heterocycles. The molecule has 0 saturated carbocycles. The van der Waals surface area contributed by atoms with Crippen LogP contribution in [0.2, 0.25) is 0 Å². The van der Waals surface area contributed by atoms with E-state index in [-0.39, 0.29) is 5.54 Å². The molecule has 3 aliphatic rings. The van der Waals surface area contributed by atoms with Gasteiger partial charge < -0.3 is 5.73 Å². The lowest BCUT2D eigenvalue weighted by Crippen LogP contribution is -2.43. The van der Waals surface area contributed by atoms with Gasteiger partial charge in [0.25, 0.3) is 5.79 Å². The minimum Gasteiger partial charge on any atom is -0.401 e. The highest BCUT2D eigenvalue weighted by molar-refractivity contribution is 5.36. The van der Waals surface area contributed by atoms with E-state index < -0.39 is 5.79 Å². The van der Waals surface area contributed by atoms with Crippen LogP contribution in [0.3, 0.4) is 0 Å². The van der Waals surface area contributed by atoms with Gasteiger partial charge in [0.2, 0.25) is 0 Å². The Labute approximate surface area is 64.3 Å². The first-order valence-electron chi connectivity index (χ1n) is 3.87. The van der Waals surface area contributed by atoms with Crippen molar-refractivity contribution in [3.05, 3.63) is 11.8 Å². The number of fused-ring (bicyclic) bond motifs is 1. The molecule has 0 amide bonds. The molecule has 2 heterocycles. The molecule has 0 aromatic rings. The van der Waals surface area contributed by atoms with Crippen LogP contribution in [0.15, 0.2) is 11.8 Å². The Morgan fingerprint density at radius 2 is 2.27 bits per heavy atom. The number of nitrogens with one attached hydrogen (secondary N) is 1. The van der Waals surface area contributed by atoms with Crippen molar-refractivity contribution in [1.82, 2.24) is 5.32 Å². The molecular formula is C7H10N2O2. The molecule has 3 N–H and O–H groups in total. The summed E-state index contributed by atoms with van der Waals surface area (Å²) >= 11 is 0. The van der Waals surface area contributed by atoms with Crippen LogP contribution in [0.4, 0.5) is 0 Å². The van der Waals surface area contributed by atoms with Gasteiger partial charge in [0.15, 0.2) is 0 Å².